The molecule has 0 aliphatic heterocycles. The van der Waals surface area contributed by atoms with Crippen LogP contribution in [0.5, 0.6) is 11.5 Å². The summed E-state index contributed by atoms with van der Waals surface area (Å²) in [5, 5.41) is 21.6. The van der Waals surface area contributed by atoms with E-state index in [-0.39, 0.29) is 29.7 Å². The van der Waals surface area contributed by atoms with Crippen molar-refractivity contribution in [2.75, 3.05) is 20.3 Å². The number of carbonyl (C=O) groups is 1. The molecular weight excluding hydrogens is 258 g/mol. The number of hydrogen-bond donors (Lipinski definition) is 3. The van der Waals surface area contributed by atoms with Crippen LogP contribution in [-0.4, -0.2) is 36.4 Å². The molecule has 0 radical (unpaired) electrons. The number of ether oxygens (including phenoxy) is 1. The molecule has 112 valence electrons. The summed E-state index contributed by atoms with van der Waals surface area (Å²) in [6, 6.07) is 4.57. The highest BCUT2D eigenvalue weighted by molar-refractivity contribution is 5.96. The van der Waals surface area contributed by atoms with E-state index in [1.807, 2.05) is 0 Å². The third-order valence-electron chi connectivity index (χ3n) is 3.24. The first kappa shape index (κ1) is 16.3. The van der Waals surface area contributed by atoms with Gasteiger partial charge in [-0.05, 0) is 30.9 Å². The second-order valence-electron chi connectivity index (χ2n) is 4.76. The van der Waals surface area contributed by atoms with Crippen LogP contribution in [0.4, 0.5) is 0 Å². The van der Waals surface area contributed by atoms with E-state index < -0.39 is 0 Å². The van der Waals surface area contributed by atoms with Gasteiger partial charge in [-0.1, -0.05) is 13.3 Å². The van der Waals surface area contributed by atoms with Crippen molar-refractivity contribution in [1.82, 2.24) is 5.32 Å². The summed E-state index contributed by atoms with van der Waals surface area (Å²) in [4.78, 5) is 12.0. The Kier molecular flexibility index (Phi) is 6.87. The summed E-state index contributed by atoms with van der Waals surface area (Å²) < 4.78 is 4.97. The van der Waals surface area contributed by atoms with Crippen molar-refractivity contribution >= 4 is 5.91 Å². The van der Waals surface area contributed by atoms with Crippen LogP contribution >= 0.6 is 0 Å². The number of aromatic hydroxyl groups is 1. The van der Waals surface area contributed by atoms with Gasteiger partial charge in [-0.2, -0.15) is 0 Å². The highest BCUT2D eigenvalue weighted by atomic mass is 16.5. The lowest BCUT2D eigenvalue weighted by molar-refractivity contribution is 0.0940. The molecule has 0 spiro atoms. The molecule has 0 bridgehead atoms. The Morgan fingerprint density at radius 3 is 2.70 bits per heavy atom. The van der Waals surface area contributed by atoms with E-state index in [1.54, 1.807) is 6.07 Å². The standard InChI is InChI=1S/C15H23NO4/c1-3-4-11(7-8-17)10-16-15(19)13-6-5-12(20-2)9-14(13)18/h5-6,9,11,17-18H,3-4,7-8,10H2,1-2H3,(H,16,19). The zero-order valence-corrected chi connectivity index (χ0v) is 12.1. The number of methoxy groups -OCH3 is 1. The van der Waals surface area contributed by atoms with Gasteiger partial charge in [0.15, 0.2) is 0 Å². The highest BCUT2D eigenvalue weighted by Gasteiger charge is 2.14. The molecule has 1 amide bonds. The number of aliphatic hydroxyl groups is 1. The average Bonchev–Trinajstić information content (AvgIpc) is 2.44. The molecule has 0 saturated carbocycles. The van der Waals surface area contributed by atoms with E-state index >= 15 is 0 Å². The van der Waals surface area contributed by atoms with Gasteiger partial charge in [-0.3, -0.25) is 4.79 Å². The van der Waals surface area contributed by atoms with Gasteiger partial charge < -0.3 is 20.3 Å². The SMILES string of the molecule is CCCC(CCO)CNC(=O)c1ccc(OC)cc1O. The molecule has 3 N–H and O–H groups in total. The number of aliphatic hydroxyl groups excluding tert-OH is 1. The van der Waals surface area contributed by atoms with Gasteiger partial charge in [-0.25, -0.2) is 0 Å². The van der Waals surface area contributed by atoms with E-state index in [1.165, 1.54) is 19.2 Å². The van der Waals surface area contributed by atoms with E-state index in [9.17, 15) is 9.90 Å². The fourth-order valence-corrected chi connectivity index (χ4v) is 2.10. The fraction of sp³-hybridized carbons (Fsp3) is 0.533. The van der Waals surface area contributed by atoms with Crippen molar-refractivity contribution in [2.45, 2.75) is 26.2 Å². The molecule has 1 aromatic rings. The number of nitrogens with one attached hydrogen (secondary N) is 1. The number of carbonyl (C=O) groups excluding carboxylic acids is 1. The Hall–Kier alpha value is -1.75. The normalized spacial score (nSPS) is 11.9. The van der Waals surface area contributed by atoms with Crippen molar-refractivity contribution in [3.05, 3.63) is 23.8 Å². The summed E-state index contributed by atoms with van der Waals surface area (Å²) in [7, 11) is 1.50. The second-order valence-corrected chi connectivity index (χ2v) is 4.76. The minimum Gasteiger partial charge on any atom is -0.507 e. The van der Waals surface area contributed by atoms with Crippen molar-refractivity contribution in [1.29, 1.82) is 0 Å². The first-order valence-corrected chi connectivity index (χ1v) is 6.88. The van der Waals surface area contributed by atoms with Gasteiger partial charge in [0.05, 0.1) is 12.7 Å². The van der Waals surface area contributed by atoms with Crippen LogP contribution in [0, 0.1) is 5.92 Å². The Labute approximate surface area is 119 Å². The summed E-state index contributed by atoms with van der Waals surface area (Å²) in [6.45, 7) is 2.69. The predicted octanol–water partition coefficient (Wildman–Crippen LogP) is 1.93. The van der Waals surface area contributed by atoms with Crippen molar-refractivity contribution in [3.8, 4) is 11.5 Å². The zero-order chi connectivity index (χ0) is 15.0. The van der Waals surface area contributed by atoms with Gasteiger partial charge >= 0.3 is 0 Å². The lowest BCUT2D eigenvalue weighted by Crippen LogP contribution is -2.29. The molecular formula is C15H23NO4. The van der Waals surface area contributed by atoms with Crippen LogP contribution in [0.1, 0.15) is 36.5 Å². The first-order chi connectivity index (χ1) is 9.62. The van der Waals surface area contributed by atoms with Crippen LogP contribution in [0.2, 0.25) is 0 Å². The van der Waals surface area contributed by atoms with Crippen LogP contribution in [-0.2, 0) is 0 Å². The zero-order valence-electron chi connectivity index (χ0n) is 12.1. The minimum absolute atomic E-state index is 0.101. The number of amides is 1. The molecule has 5 nitrogen and oxygen atoms in total. The molecule has 0 aliphatic carbocycles. The quantitative estimate of drug-likeness (QED) is 0.680. The highest BCUT2D eigenvalue weighted by Crippen LogP contribution is 2.23. The molecule has 5 heteroatoms. The summed E-state index contributed by atoms with van der Waals surface area (Å²) in [5.41, 5.74) is 0.227. The van der Waals surface area contributed by atoms with Gasteiger partial charge in [0.2, 0.25) is 0 Å². The molecule has 1 atom stereocenters. The number of hydrogen-bond acceptors (Lipinski definition) is 4. The molecule has 0 saturated heterocycles. The van der Waals surface area contributed by atoms with Crippen molar-refractivity contribution in [2.24, 2.45) is 5.92 Å². The van der Waals surface area contributed by atoms with Crippen LogP contribution in [0.25, 0.3) is 0 Å². The van der Waals surface area contributed by atoms with Gasteiger partial charge in [0, 0.05) is 19.2 Å². The van der Waals surface area contributed by atoms with Crippen LogP contribution in [0.15, 0.2) is 18.2 Å². The third kappa shape index (κ3) is 4.74. The largest absolute Gasteiger partial charge is 0.507 e. The van der Waals surface area contributed by atoms with Crippen molar-refractivity contribution in [3.63, 3.8) is 0 Å². The monoisotopic (exact) mass is 281 g/mol. The molecule has 1 unspecified atom stereocenters. The lowest BCUT2D eigenvalue weighted by atomic mass is 10.00. The van der Waals surface area contributed by atoms with E-state index in [0.29, 0.717) is 18.7 Å². The number of rotatable bonds is 8. The Bertz CT molecular complexity index is 428. The summed E-state index contributed by atoms with van der Waals surface area (Å²) in [5.74, 6) is 0.345. The maximum absolute atomic E-state index is 12.0. The van der Waals surface area contributed by atoms with Gasteiger partial charge in [0.1, 0.15) is 11.5 Å². The predicted molar refractivity (Wildman–Crippen MR) is 77.1 cm³/mol. The molecule has 0 heterocycles. The summed E-state index contributed by atoms with van der Waals surface area (Å²) >= 11 is 0. The fourth-order valence-electron chi connectivity index (χ4n) is 2.10. The molecule has 0 aromatic heterocycles. The maximum Gasteiger partial charge on any atom is 0.255 e. The number of benzene rings is 1. The smallest absolute Gasteiger partial charge is 0.255 e. The first-order valence-electron chi connectivity index (χ1n) is 6.88. The van der Waals surface area contributed by atoms with E-state index in [2.05, 4.69) is 12.2 Å². The Balaban J connectivity index is 2.61. The van der Waals surface area contributed by atoms with Crippen LogP contribution < -0.4 is 10.1 Å². The maximum atomic E-state index is 12.0. The van der Waals surface area contributed by atoms with E-state index in [0.717, 1.165) is 12.8 Å². The average molecular weight is 281 g/mol. The molecule has 1 rings (SSSR count). The molecule has 0 fully saturated rings. The minimum atomic E-state index is -0.316. The van der Waals surface area contributed by atoms with Crippen LogP contribution in [0.3, 0.4) is 0 Å². The lowest BCUT2D eigenvalue weighted by Gasteiger charge is -2.16. The van der Waals surface area contributed by atoms with E-state index in [4.69, 9.17) is 9.84 Å². The molecule has 0 aliphatic rings. The van der Waals surface area contributed by atoms with Gasteiger partial charge in [0.25, 0.3) is 5.91 Å². The van der Waals surface area contributed by atoms with Gasteiger partial charge in [-0.15, -0.1) is 0 Å². The topological polar surface area (TPSA) is 78.8 Å². The number of phenols is 1. The molecule has 1 aromatic carbocycles. The number of phenolic OH excluding ortho intramolecular Hbond substituents is 1. The van der Waals surface area contributed by atoms with Crippen molar-refractivity contribution < 1.29 is 19.7 Å². The third-order valence-corrected chi connectivity index (χ3v) is 3.24. The molecule has 20 heavy (non-hydrogen) atoms. The Morgan fingerprint density at radius 1 is 1.40 bits per heavy atom. The summed E-state index contributed by atoms with van der Waals surface area (Å²) in [6.07, 6.45) is 2.63. The second kappa shape index (κ2) is 8.43. The Morgan fingerprint density at radius 2 is 2.15 bits per heavy atom.